The minimum atomic E-state index is -0.346. The minimum Gasteiger partial charge on any atom is -0.497 e. The molecule has 0 aliphatic rings. The third kappa shape index (κ3) is 4.58. The highest BCUT2D eigenvalue weighted by molar-refractivity contribution is 9.10. The summed E-state index contributed by atoms with van der Waals surface area (Å²) in [5.74, 6) is -0.0772. The van der Waals surface area contributed by atoms with Crippen molar-refractivity contribution in [1.82, 2.24) is 0 Å². The SMILES string of the molecule is COc1ccc(Br)c(C(=O)Nc2ccccc2C(=O)Nc2cccc(C)c2)c1. The van der Waals surface area contributed by atoms with Crippen LogP contribution in [0.4, 0.5) is 11.4 Å². The number of methoxy groups -OCH3 is 1. The zero-order valence-electron chi connectivity index (χ0n) is 15.5. The molecule has 3 rings (SSSR count). The molecule has 0 saturated carbocycles. The molecule has 5 nitrogen and oxygen atoms in total. The van der Waals surface area contributed by atoms with Gasteiger partial charge >= 0.3 is 0 Å². The van der Waals surface area contributed by atoms with E-state index in [1.807, 2.05) is 31.2 Å². The lowest BCUT2D eigenvalue weighted by Crippen LogP contribution is -2.18. The van der Waals surface area contributed by atoms with Gasteiger partial charge in [0.1, 0.15) is 5.75 Å². The fraction of sp³-hybridized carbons (Fsp3) is 0.0909. The van der Waals surface area contributed by atoms with Crippen LogP contribution in [0.1, 0.15) is 26.3 Å². The standard InChI is InChI=1S/C22H19BrN2O3/c1-14-6-5-7-15(12-14)24-21(26)17-8-3-4-9-20(17)25-22(27)18-13-16(28-2)10-11-19(18)23/h3-13H,1-2H3,(H,24,26)(H,25,27). The number of hydrogen-bond acceptors (Lipinski definition) is 3. The highest BCUT2D eigenvalue weighted by Gasteiger charge is 2.16. The predicted octanol–water partition coefficient (Wildman–Crippen LogP) is 5.27. The van der Waals surface area contributed by atoms with Gasteiger partial charge in [-0.2, -0.15) is 0 Å². The fourth-order valence-electron chi connectivity index (χ4n) is 2.71. The Bertz CT molecular complexity index is 1030. The van der Waals surface area contributed by atoms with E-state index in [0.29, 0.717) is 32.7 Å². The van der Waals surface area contributed by atoms with Crippen LogP contribution in [0.5, 0.6) is 5.75 Å². The van der Waals surface area contributed by atoms with Crippen molar-refractivity contribution in [1.29, 1.82) is 0 Å². The van der Waals surface area contributed by atoms with Crippen LogP contribution in [0.3, 0.4) is 0 Å². The number of benzene rings is 3. The number of rotatable bonds is 5. The van der Waals surface area contributed by atoms with Crippen molar-refractivity contribution in [2.24, 2.45) is 0 Å². The summed E-state index contributed by atoms with van der Waals surface area (Å²) in [6.45, 7) is 1.95. The fourth-order valence-corrected chi connectivity index (χ4v) is 3.13. The summed E-state index contributed by atoms with van der Waals surface area (Å²) in [7, 11) is 1.54. The van der Waals surface area contributed by atoms with E-state index in [0.717, 1.165) is 5.56 Å². The van der Waals surface area contributed by atoms with Gasteiger partial charge < -0.3 is 15.4 Å². The molecule has 28 heavy (non-hydrogen) atoms. The second kappa shape index (κ2) is 8.71. The normalized spacial score (nSPS) is 10.2. The second-order valence-corrected chi connectivity index (χ2v) is 7.02. The molecule has 0 radical (unpaired) electrons. The van der Waals surface area contributed by atoms with Crippen molar-refractivity contribution in [2.45, 2.75) is 6.92 Å². The summed E-state index contributed by atoms with van der Waals surface area (Å²) in [5, 5.41) is 5.67. The molecule has 0 atom stereocenters. The number of anilines is 2. The third-order valence-electron chi connectivity index (χ3n) is 4.11. The number of carbonyl (C=O) groups excluding carboxylic acids is 2. The maximum absolute atomic E-state index is 12.8. The van der Waals surface area contributed by atoms with Crippen LogP contribution in [-0.4, -0.2) is 18.9 Å². The van der Waals surface area contributed by atoms with Gasteiger partial charge in [-0.15, -0.1) is 0 Å². The van der Waals surface area contributed by atoms with E-state index in [-0.39, 0.29) is 11.8 Å². The molecule has 3 aromatic rings. The molecule has 2 N–H and O–H groups in total. The van der Waals surface area contributed by atoms with E-state index in [2.05, 4.69) is 26.6 Å². The summed E-state index contributed by atoms with van der Waals surface area (Å²) < 4.78 is 5.82. The monoisotopic (exact) mass is 438 g/mol. The van der Waals surface area contributed by atoms with Crippen molar-refractivity contribution < 1.29 is 14.3 Å². The van der Waals surface area contributed by atoms with Crippen LogP contribution in [0, 0.1) is 6.92 Å². The van der Waals surface area contributed by atoms with Crippen LogP contribution in [0.15, 0.2) is 71.2 Å². The number of para-hydroxylation sites is 1. The third-order valence-corrected chi connectivity index (χ3v) is 4.81. The number of hydrogen-bond donors (Lipinski definition) is 2. The number of carbonyl (C=O) groups is 2. The van der Waals surface area contributed by atoms with Crippen molar-refractivity contribution in [3.05, 3.63) is 87.9 Å². The van der Waals surface area contributed by atoms with Gasteiger partial charge in [0.05, 0.1) is 23.9 Å². The number of aryl methyl sites for hydroxylation is 1. The molecule has 0 saturated heterocycles. The molecule has 0 spiro atoms. The molecule has 2 amide bonds. The summed E-state index contributed by atoms with van der Waals surface area (Å²) in [6.07, 6.45) is 0. The summed E-state index contributed by atoms with van der Waals surface area (Å²) in [6, 6.07) is 19.5. The highest BCUT2D eigenvalue weighted by Crippen LogP contribution is 2.25. The lowest BCUT2D eigenvalue weighted by molar-refractivity contribution is 0.102. The number of ether oxygens (including phenoxy) is 1. The van der Waals surface area contributed by atoms with E-state index >= 15 is 0 Å². The second-order valence-electron chi connectivity index (χ2n) is 6.17. The summed E-state index contributed by atoms with van der Waals surface area (Å²) in [5.41, 5.74) is 2.95. The molecule has 0 fully saturated rings. The summed E-state index contributed by atoms with van der Waals surface area (Å²) in [4.78, 5) is 25.5. The molecule has 3 aromatic carbocycles. The van der Waals surface area contributed by atoms with Crippen LogP contribution in [0.25, 0.3) is 0 Å². The lowest BCUT2D eigenvalue weighted by Gasteiger charge is -2.13. The Morgan fingerprint density at radius 1 is 0.857 bits per heavy atom. The molecular weight excluding hydrogens is 420 g/mol. The maximum atomic E-state index is 12.8. The molecular formula is C22H19BrN2O3. The Balaban J connectivity index is 1.84. The first-order valence-corrected chi connectivity index (χ1v) is 9.39. The van der Waals surface area contributed by atoms with Crippen LogP contribution in [0.2, 0.25) is 0 Å². The Morgan fingerprint density at radius 3 is 2.36 bits per heavy atom. The van der Waals surface area contributed by atoms with Gasteiger partial charge in [0, 0.05) is 10.2 Å². The van der Waals surface area contributed by atoms with Gasteiger partial charge in [-0.3, -0.25) is 9.59 Å². The largest absolute Gasteiger partial charge is 0.497 e. The molecule has 0 aliphatic carbocycles. The van der Waals surface area contributed by atoms with Crippen molar-refractivity contribution in [3.8, 4) is 5.75 Å². The Hall–Kier alpha value is -3.12. The zero-order valence-corrected chi connectivity index (χ0v) is 17.0. The average Bonchev–Trinajstić information content (AvgIpc) is 2.68. The minimum absolute atomic E-state index is 0.300. The first-order valence-electron chi connectivity index (χ1n) is 8.60. The van der Waals surface area contributed by atoms with E-state index in [9.17, 15) is 9.59 Å². The Labute approximate surface area is 171 Å². The molecule has 0 heterocycles. The van der Waals surface area contributed by atoms with Crippen LogP contribution < -0.4 is 15.4 Å². The first-order chi connectivity index (χ1) is 13.5. The number of halogens is 1. The quantitative estimate of drug-likeness (QED) is 0.569. The Kier molecular flexibility index (Phi) is 6.11. The smallest absolute Gasteiger partial charge is 0.257 e. The number of amides is 2. The van der Waals surface area contributed by atoms with Crippen molar-refractivity contribution >= 4 is 39.1 Å². The highest BCUT2D eigenvalue weighted by atomic mass is 79.9. The van der Waals surface area contributed by atoms with E-state index in [4.69, 9.17) is 4.74 Å². The topological polar surface area (TPSA) is 67.4 Å². The molecule has 0 bridgehead atoms. The van der Waals surface area contributed by atoms with Gasteiger partial charge in [-0.05, 0) is 70.9 Å². The molecule has 0 aromatic heterocycles. The predicted molar refractivity (Wildman–Crippen MR) is 114 cm³/mol. The van der Waals surface area contributed by atoms with Gasteiger partial charge in [-0.25, -0.2) is 0 Å². The van der Waals surface area contributed by atoms with Crippen LogP contribution in [-0.2, 0) is 0 Å². The molecule has 0 aliphatic heterocycles. The van der Waals surface area contributed by atoms with E-state index in [1.54, 1.807) is 42.5 Å². The van der Waals surface area contributed by atoms with Crippen LogP contribution >= 0.6 is 15.9 Å². The number of nitrogens with one attached hydrogen (secondary N) is 2. The van der Waals surface area contributed by atoms with Crippen molar-refractivity contribution in [3.63, 3.8) is 0 Å². The van der Waals surface area contributed by atoms with Gasteiger partial charge in [0.25, 0.3) is 11.8 Å². The van der Waals surface area contributed by atoms with Crippen molar-refractivity contribution in [2.75, 3.05) is 17.7 Å². The van der Waals surface area contributed by atoms with E-state index < -0.39 is 0 Å². The maximum Gasteiger partial charge on any atom is 0.257 e. The molecule has 142 valence electrons. The Morgan fingerprint density at radius 2 is 1.61 bits per heavy atom. The molecule has 6 heteroatoms. The zero-order chi connectivity index (χ0) is 20.1. The lowest BCUT2D eigenvalue weighted by atomic mass is 10.1. The van der Waals surface area contributed by atoms with Gasteiger partial charge in [0.15, 0.2) is 0 Å². The first kappa shape index (κ1) is 19.6. The average molecular weight is 439 g/mol. The summed E-state index contributed by atoms with van der Waals surface area (Å²) >= 11 is 3.38. The van der Waals surface area contributed by atoms with E-state index in [1.165, 1.54) is 7.11 Å². The van der Waals surface area contributed by atoms with Gasteiger partial charge in [-0.1, -0.05) is 24.3 Å². The molecule has 0 unspecified atom stereocenters. The van der Waals surface area contributed by atoms with Gasteiger partial charge in [0.2, 0.25) is 0 Å².